The summed E-state index contributed by atoms with van der Waals surface area (Å²) in [6, 6.07) is 10.0. The Morgan fingerprint density at radius 1 is 1.25 bits per heavy atom. The van der Waals surface area contributed by atoms with Gasteiger partial charge in [0.1, 0.15) is 0 Å². The number of rotatable bonds is 6. The normalized spacial score (nSPS) is 17.6. The van der Waals surface area contributed by atoms with Crippen molar-refractivity contribution in [2.24, 2.45) is 0 Å². The molecule has 1 aliphatic heterocycles. The van der Waals surface area contributed by atoms with Crippen LogP contribution in [0.25, 0.3) is 0 Å². The van der Waals surface area contributed by atoms with Crippen molar-refractivity contribution >= 4 is 5.91 Å². The van der Waals surface area contributed by atoms with Crippen LogP contribution in [-0.4, -0.2) is 31.5 Å². The Morgan fingerprint density at radius 2 is 1.95 bits per heavy atom. The minimum Gasteiger partial charge on any atom is -0.356 e. The fraction of sp³-hybridized carbons (Fsp3) is 0.562. The molecule has 2 rings (SSSR count). The number of benzene rings is 1. The van der Waals surface area contributed by atoms with E-state index < -0.39 is 5.79 Å². The van der Waals surface area contributed by atoms with Crippen LogP contribution in [0.5, 0.6) is 0 Å². The molecular weight excluding hydrogens is 254 g/mol. The van der Waals surface area contributed by atoms with E-state index in [1.807, 2.05) is 37.3 Å². The first-order valence-electron chi connectivity index (χ1n) is 7.26. The van der Waals surface area contributed by atoms with Gasteiger partial charge in [0.2, 0.25) is 5.91 Å². The molecule has 1 aromatic carbocycles. The van der Waals surface area contributed by atoms with Gasteiger partial charge >= 0.3 is 0 Å². The van der Waals surface area contributed by atoms with Gasteiger partial charge < -0.3 is 14.8 Å². The number of nitrogens with one attached hydrogen (secondary N) is 1. The van der Waals surface area contributed by atoms with Crippen LogP contribution in [0.4, 0.5) is 0 Å². The average Bonchev–Trinajstić information content (AvgIpc) is 2.47. The number of hydrogen-bond acceptors (Lipinski definition) is 3. The highest BCUT2D eigenvalue weighted by Crippen LogP contribution is 2.21. The summed E-state index contributed by atoms with van der Waals surface area (Å²) in [5.41, 5.74) is 1.19. The number of hydrogen-bond donors (Lipinski definition) is 1. The molecule has 4 nitrogen and oxygen atoms in total. The number of carbonyl (C=O) groups excluding carboxylic acids is 1. The monoisotopic (exact) mass is 277 g/mol. The van der Waals surface area contributed by atoms with Gasteiger partial charge in [-0.1, -0.05) is 30.3 Å². The fourth-order valence-electron chi connectivity index (χ4n) is 2.24. The molecule has 1 fully saturated rings. The molecule has 0 atom stereocenters. The highest BCUT2D eigenvalue weighted by atomic mass is 16.7. The van der Waals surface area contributed by atoms with Crippen molar-refractivity contribution in [3.8, 4) is 0 Å². The van der Waals surface area contributed by atoms with Crippen molar-refractivity contribution in [2.75, 3.05) is 19.8 Å². The van der Waals surface area contributed by atoms with Crippen molar-refractivity contribution in [3.63, 3.8) is 0 Å². The van der Waals surface area contributed by atoms with Crippen LogP contribution >= 0.6 is 0 Å². The van der Waals surface area contributed by atoms with E-state index in [9.17, 15) is 4.79 Å². The highest BCUT2D eigenvalue weighted by Gasteiger charge is 2.28. The quantitative estimate of drug-likeness (QED) is 0.867. The van der Waals surface area contributed by atoms with Gasteiger partial charge in [-0.3, -0.25) is 4.79 Å². The molecule has 4 heteroatoms. The Kier molecular flexibility index (Phi) is 5.56. The zero-order valence-electron chi connectivity index (χ0n) is 12.1. The van der Waals surface area contributed by atoms with Gasteiger partial charge in [-0.05, 0) is 25.3 Å². The lowest BCUT2D eigenvalue weighted by atomic mass is 10.1. The lowest BCUT2D eigenvalue weighted by Crippen LogP contribution is -2.41. The molecule has 1 saturated heterocycles. The van der Waals surface area contributed by atoms with Gasteiger partial charge in [0.05, 0.1) is 13.2 Å². The lowest BCUT2D eigenvalue weighted by Gasteiger charge is -2.33. The molecule has 1 aliphatic rings. The summed E-state index contributed by atoms with van der Waals surface area (Å²) in [6.45, 7) is 3.99. The maximum absolute atomic E-state index is 11.8. The predicted octanol–water partition coefficient (Wildman–Crippen LogP) is 2.28. The second-order valence-electron chi connectivity index (χ2n) is 5.27. The molecule has 1 aromatic rings. The Morgan fingerprint density at radius 3 is 2.65 bits per heavy atom. The van der Waals surface area contributed by atoms with Crippen molar-refractivity contribution in [1.82, 2.24) is 5.32 Å². The molecule has 0 aromatic heterocycles. The predicted molar refractivity (Wildman–Crippen MR) is 77.3 cm³/mol. The second-order valence-corrected chi connectivity index (χ2v) is 5.27. The first kappa shape index (κ1) is 15.0. The maximum Gasteiger partial charge on any atom is 0.220 e. The number of ether oxygens (including phenoxy) is 2. The third-order valence-corrected chi connectivity index (χ3v) is 3.49. The summed E-state index contributed by atoms with van der Waals surface area (Å²) in [6.07, 6.45) is 2.92. The zero-order chi connectivity index (χ0) is 14.3. The molecule has 110 valence electrons. The standard InChI is InChI=1S/C16H23NO3/c1-16(19-12-5-13-20-16)10-11-17-15(18)9-8-14-6-3-2-4-7-14/h2-4,6-7H,5,8-13H2,1H3,(H,17,18). The van der Waals surface area contributed by atoms with Gasteiger partial charge in [0, 0.05) is 19.4 Å². The largest absolute Gasteiger partial charge is 0.356 e. The van der Waals surface area contributed by atoms with Crippen molar-refractivity contribution < 1.29 is 14.3 Å². The molecular formula is C16H23NO3. The molecule has 0 bridgehead atoms. The topological polar surface area (TPSA) is 47.6 Å². The first-order chi connectivity index (χ1) is 9.68. The van der Waals surface area contributed by atoms with Crippen LogP contribution in [0.3, 0.4) is 0 Å². The number of carbonyl (C=O) groups is 1. The first-order valence-corrected chi connectivity index (χ1v) is 7.26. The number of amides is 1. The Bertz CT molecular complexity index is 413. The zero-order valence-corrected chi connectivity index (χ0v) is 12.1. The third kappa shape index (κ3) is 4.94. The van der Waals surface area contributed by atoms with Gasteiger partial charge in [0.15, 0.2) is 5.79 Å². The molecule has 0 spiro atoms. The summed E-state index contributed by atoms with van der Waals surface area (Å²) in [5.74, 6) is -0.460. The molecule has 0 radical (unpaired) electrons. The van der Waals surface area contributed by atoms with Gasteiger partial charge in [-0.15, -0.1) is 0 Å². The Labute approximate surface area is 120 Å². The van der Waals surface area contributed by atoms with Crippen molar-refractivity contribution in [1.29, 1.82) is 0 Å². The number of aryl methyl sites for hydroxylation is 1. The SMILES string of the molecule is CC1(CCNC(=O)CCc2ccccc2)OCCCO1. The van der Waals surface area contributed by atoms with E-state index in [4.69, 9.17) is 9.47 Å². The molecule has 1 heterocycles. The maximum atomic E-state index is 11.8. The molecule has 20 heavy (non-hydrogen) atoms. The Hall–Kier alpha value is -1.39. The summed E-state index contributed by atoms with van der Waals surface area (Å²) in [5, 5.41) is 2.93. The molecule has 0 aliphatic carbocycles. The molecule has 0 saturated carbocycles. The average molecular weight is 277 g/mol. The summed E-state index contributed by atoms with van der Waals surface area (Å²) >= 11 is 0. The summed E-state index contributed by atoms with van der Waals surface area (Å²) < 4.78 is 11.2. The van der Waals surface area contributed by atoms with E-state index in [-0.39, 0.29) is 5.91 Å². The van der Waals surface area contributed by atoms with Gasteiger partial charge in [0.25, 0.3) is 0 Å². The van der Waals surface area contributed by atoms with E-state index >= 15 is 0 Å². The van der Waals surface area contributed by atoms with Crippen LogP contribution in [0.2, 0.25) is 0 Å². The van der Waals surface area contributed by atoms with E-state index in [0.29, 0.717) is 19.4 Å². The van der Waals surface area contributed by atoms with E-state index in [0.717, 1.165) is 26.1 Å². The minimum atomic E-state index is -0.537. The van der Waals surface area contributed by atoms with E-state index in [1.165, 1.54) is 5.56 Å². The fourth-order valence-corrected chi connectivity index (χ4v) is 2.24. The summed E-state index contributed by atoms with van der Waals surface area (Å²) in [7, 11) is 0. The van der Waals surface area contributed by atoms with Crippen molar-refractivity contribution in [2.45, 2.75) is 38.4 Å². The van der Waals surface area contributed by atoms with Crippen LogP contribution in [0, 0.1) is 0 Å². The smallest absolute Gasteiger partial charge is 0.220 e. The van der Waals surface area contributed by atoms with E-state index in [2.05, 4.69) is 5.32 Å². The Balaban J connectivity index is 1.63. The molecule has 0 unspecified atom stereocenters. The highest BCUT2D eigenvalue weighted by molar-refractivity contribution is 5.76. The lowest BCUT2D eigenvalue weighted by molar-refractivity contribution is -0.257. The van der Waals surface area contributed by atoms with Crippen molar-refractivity contribution in [3.05, 3.63) is 35.9 Å². The van der Waals surface area contributed by atoms with Crippen LogP contribution in [0.1, 0.15) is 31.7 Å². The van der Waals surface area contributed by atoms with Gasteiger partial charge in [-0.2, -0.15) is 0 Å². The van der Waals surface area contributed by atoms with E-state index in [1.54, 1.807) is 0 Å². The second kappa shape index (κ2) is 7.41. The summed E-state index contributed by atoms with van der Waals surface area (Å²) in [4.78, 5) is 11.8. The molecule has 1 N–H and O–H groups in total. The van der Waals surface area contributed by atoms with Gasteiger partial charge in [-0.25, -0.2) is 0 Å². The van der Waals surface area contributed by atoms with Crippen LogP contribution < -0.4 is 5.32 Å². The molecule has 1 amide bonds. The van der Waals surface area contributed by atoms with Crippen LogP contribution in [0.15, 0.2) is 30.3 Å². The third-order valence-electron chi connectivity index (χ3n) is 3.49. The van der Waals surface area contributed by atoms with Crippen LogP contribution in [-0.2, 0) is 20.7 Å². The minimum absolute atomic E-state index is 0.0771.